The van der Waals surface area contributed by atoms with Crippen molar-refractivity contribution < 1.29 is 18.0 Å². The number of allylic oxidation sites excluding steroid dienone is 1. The third-order valence-electron chi connectivity index (χ3n) is 7.43. The van der Waals surface area contributed by atoms with E-state index in [4.69, 9.17) is 5.26 Å². The van der Waals surface area contributed by atoms with Crippen LogP contribution < -0.4 is 5.32 Å². The number of nitriles is 1. The van der Waals surface area contributed by atoms with Gasteiger partial charge in [-0.3, -0.25) is 24.5 Å². The number of hydrogen-bond acceptors (Lipinski definition) is 8. The van der Waals surface area contributed by atoms with Crippen LogP contribution in [0.5, 0.6) is 0 Å². The van der Waals surface area contributed by atoms with Crippen LogP contribution in [-0.2, 0) is 34.2 Å². The summed E-state index contributed by atoms with van der Waals surface area (Å²) in [4.78, 5) is 37.8. The summed E-state index contributed by atoms with van der Waals surface area (Å²) in [5, 5.41) is 12.6. The van der Waals surface area contributed by atoms with Crippen molar-refractivity contribution in [2.45, 2.75) is 29.8 Å². The van der Waals surface area contributed by atoms with Crippen molar-refractivity contribution in [3.05, 3.63) is 137 Å². The van der Waals surface area contributed by atoms with Crippen molar-refractivity contribution in [2.24, 2.45) is 0 Å². The Morgan fingerprint density at radius 1 is 0.886 bits per heavy atom. The number of nitrogens with zero attached hydrogens (tertiary/aromatic N) is 5. The Balaban J connectivity index is 1.56. The number of carbonyl (C=O) groups excluding carboxylic acids is 2. The quantitative estimate of drug-likeness (QED) is 0.214. The van der Waals surface area contributed by atoms with Gasteiger partial charge in [-0.15, -0.1) is 0 Å². The van der Waals surface area contributed by atoms with Crippen LogP contribution in [0.1, 0.15) is 32.6 Å². The minimum Gasteiger partial charge on any atom is -0.357 e. The van der Waals surface area contributed by atoms with E-state index in [1.807, 2.05) is 30.3 Å². The van der Waals surface area contributed by atoms with Crippen LogP contribution in [0.15, 0.2) is 114 Å². The molecule has 1 aliphatic heterocycles. The van der Waals surface area contributed by atoms with Crippen LogP contribution >= 0.6 is 0 Å². The largest absolute Gasteiger partial charge is 0.357 e. The lowest BCUT2D eigenvalue weighted by atomic mass is 9.85. The lowest BCUT2D eigenvalue weighted by molar-refractivity contribution is -0.132. The standard InChI is InChI=1S/C33H30N6O4S/c1-38(2)44(42,43)29-9-5-27(6-10-29)23-39-31(19-30(40)28-7-3-26(22-34)4-8-28)37-33(32(39)41,20-24-11-15-35-16-12-24)21-25-13-17-36-18-14-25/h3-19,37H,20-21,23H2,1-2H3. The molecule has 0 spiro atoms. The molecular formula is C33H30N6O4S. The summed E-state index contributed by atoms with van der Waals surface area (Å²) >= 11 is 0. The molecule has 5 rings (SSSR count). The number of nitrogens with one attached hydrogen (secondary N) is 1. The fraction of sp³-hybridized carbons (Fsp3) is 0.182. The maximum absolute atomic E-state index is 14.5. The summed E-state index contributed by atoms with van der Waals surface area (Å²) in [6, 6.07) is 22.0. The van der Waals surface area contributed by atoms with Gasteiger partial charge in [-0.25, -0.2) is 12.7 Å². The Morgan fingerprint density at radius 2 is 1.43 bits per heavy atom. The van der Waals surface area contributed by atoms with E-state index in [0.717, 1.165) is 15.4 Å². The van der Waals surface area contributed by atoms with Gasteiger partial charge in [-0.2, -0.15) is 5.26 Å². The first kappa shape index (κ1) is 30.3. The van der Waals surface area contributed by atoms with E-state index in [2.05, 4.69) is 15.3 Å². The van der Waals surface area contributed by atoms with Crippen LogP contribution in [0.25, 0.3) is 0 Å². The summed E-state index contributed by atoms with van der Waals surface area (Å²) in [6.07, 6.45) is 8.70. The van der Waals surface area contributed by atoms with Gasteiger partial charge in [0.1, 0.15) is 11.4 Å². The van der Waals surface area contributed by atoms with E-state index in [0.29, 0.717) is 35.4 Å². The molecule has 2 aromatic heterocycles. The zero-order chi connectivity index (χ0) is 31.3. The number of benzene rings is 2. The van der Waals surface area contributed by atoms with E-state index in [1.165, 1.54) is 37.2 Å². The monoisotopic (exact) mass is 606 g/mol. The SMILES string of the molecule is CN(C)S(=O)(=O)c1ccc(CN2C(=O)C(Cc3ccncc3)(Cc3ccncc3)NC2=CC(=O)c2ccc(C#N)cc2)cc1. The van der Waals surface area contributed by atoms with Crippen LogP contribution in [-0.4, -0.2) is 58.9 Å². The molecular weight excluding hydrogens is 576 g/mol. The second-order valence-electron chi connectivity index (χ2n) is 10.7. The molecule has 0 radical (unpaired) electrons. The lowest BCUT2D eigenvalue weighted by Gasteiger charge is -2.28. The normalized spacial score (nSPS) is 15.3. The molecule has 1 N–H and O–H groups in total. The molecule has 1 amide bonds. The summed E-state index contributed by atoms with van der Waals surface area (Å²) in [5.74, 6) is -0.265. The van der Waals surface area contributed by atoms with E-state index in [1.54, 1.807) is 61.2 Å². The Labute approximate surface area is 256 Å². The fourth-order valence-electron chi connectivity index (χ4n) is 5.08. The molecule has 0 atom stereocenters. The van der Waals surface area contributed by atoms with Crippen molar-refractivity contribution in [1.82, 2.24) is 24.5 Å². The molecule has 44 heavy (non-hydrogen) atoms. The van der Waals surface area contributed by atoms with Gasteiger partial charge in [-0.05, 0) is 77.4 Å². The Bertz CT molecular complexity index is 1790. The van der Waals surface area contributed by atoms with E-state index >= 15 is 0 Å². The smallest absolute Gasteiger partial charge is 0.254 e. The minimum absolute atomic E-state index is 0.0923. The van der Waals surface area contributed by atoms with Crippen molar-refractivity contribution in [3.63, 3.8) is 0 Å². The first-order valence-electron chi connectivity index (χ1n) is 13.8. The highest BCUT2D eigenvalue weighted by molar-refractivity contribution is 7.89. The predicted octanol–water partition coefficient (Wildman–Crippen LogP) is 3.48. The van der Waals surface area contributed by atoms with Gasteiger partial charge in [0.05, 0.1) is 23.1 Å². The highest BCUT2D eigenvalue weighted by Gasteiger charge is 2.49. The molecule has 11 heteroatoms. The van der Waals surface area contributed by atoms with Gasteiger partial charge in [0.15, 0.2) is 5.78 Å². The molecule has 0 aliphatic carbocycles. The van der Waals surface area contributed by atoms with Crippen LogP contribution in [0, 0.1) is 11.3 Å². The fourth-order valence-corrected chi connectivity index (χ4v) is 5.98. The predicted molar refractivity (Wildman–Crippen MR) is 163 cm³/mol. The first-order valence-corrected chi connectivity index (χ1v) is 15.2. The molecule has 0 saturated carbocycles. The molecule has 1 saturated heterocycles. The summed E-state index contributed by atoms with van der Waals surface area (Å²) in [5.41, 5.74) is 2.09. The van der Waals surface area contributed by atoms with E-state index in [9.17, 15) is 18.0 Å². The molecule has 1 fully saturated rings. The number of aromatic nitrogens is 2. The van der Waals surface area contributed by atoms with Crippen LogP contribution in [0.3, 0.4) is 0 Å². The maximum atomic E-state index is 14.5. The molecule has 0 bridgehead atoms. The average molecular weight is 607 g/mol. The number of rotatable bonds is 10. The number of carbonyl (C=O) groups is 2. The topological polar surface area (TPSA) is 136 Å². The van der Waals surface area contributed by atoms with Crippen LogP contribution in [0.4, 0.5) is 0 Å². The number of sulfonamides is 1. The van der Waals surface area contributed by atoms with Gasteiger partial charge < -0.3 is 5.32 Å². The molecule has 3 heterocycles. The van der Waals surface area contributed by atoms with Crippen molar-refractivity contribution in [2.75, 3.05) is 14.1 Å². The Kier molecular flexibility index (Phi) is 8.66. The highest BCUT2D eigenvalue weighted by atomic mass is 32.2. The Morgan fingerprint density at radius 3 is 1.93 bits per heavy atom. The number of ketones is 1. The third kappa shape index (κ3) is 6.41. The zero-order valence-electron chi connectivity index (χ0n) is 24.2. The number of pyridine rings is 2. The van der Waals surface area contributed by atoms with Gasteiger partial charge in [0, 0.05) is 63.4 Å². The van der Waals surface area contributed by atoms with Gasteiger partial charge in [-0.1, -0.05) is 12.1 Å². The lowest BCUT2D eigenvalue weighted by Crippen LogP contribution is -2.50. The summed E-state index contributed by atoms with van der Waals surface area (Å²) in [7, 11) is -0.701. The summed E-state index contributed by atoms with van der Waals surface area (Å²) in [6.45, 7) is 0.0923. The first-order chi connectivity index (χ1) is 21.1. The minimum atomic E-state index is -3.63. The molecule has 222 valence electrons. The molecule has 10 nitrogen and oxygen atoms in total. The molecule has 4 aromatic rings. The van der Waals surface area contributed by atoms with Crippen molar-refractivity contribution in [3.8, 4) is 6.07 Å². The molecule has 2 aromatic carbocycles. The number of hydrogen-bond donors (Lipinski definition) is 1. The van der Waals surface area contributed by atoms with E-state index in [-0.39, 0.29) is 23.1 Å². The maximum Gasteiger partial charge on any atom is 0.254 e. The Hall–Kier alpha value is -5.18. The molecule has 0 unspecified atom stereocenters. The second-order valence-corrected chi connectivity index (χ2v) is 12.8. The van der Waals surface area contributed by atoms with Gasteiger partial charge in [0.25, 0.3) is 5.91 Å². The number of amides is 1. The van der Waals surface area contributed by atoms with E-state index < -0.39 is 15.6 Å². The third-order valence-corrected chi connectivity index (χ3v) is 9.26. The van der Waals surface area contributed by atoms with Crippen molar-refractivity contribution >= 4 is 21.7 Å². The zero-order valence-corrected chi connectivity index (χ0v) is 25.0. The van der Waals surface area contributed by atoms with Crippen LogP contribution in [0.2, 0.25) is 0 Å². The second kappa shape index (κ2) is 12.6. The molecule has 1 aliphatic rings. The van der Waals surface area contributed by atoms with Gasteiger partial charge in [0.2, 0.25) is 10.0 Å². The van der Waals surface area contributed by atoms with Crippen molar-refractivity contribution in [1.29, 1.82) is 5.26 Å². The van der Waals surface area contributed by atoms with Gasteiger partial charge >= 0.3 is 0 Å². The summed E-state index contributed by atoms with van der Waals surface area (Å²) < 4.78 is 26.3. The highest BCUT2D eigenvalue weighted by Crippen LogP contribution is 2.32. The average Bonchev–Trinajstić information content (AvgIpc) is 3.27.